The molecule has 1 heterocycles. The Kier molecular flexibility index (Phi) is 3.20. The van der Waals surface area contributed by atoms with Crippen LogP contribution in [-0.2, 0) is 0 Å². The molecule has 0 aromatic rings. The normalized spacial score (nSPS) is 26.1. The molecule has 0 aliphatic carbocycles. The molecule has 10 heavy (non-hydrogen) atoms. The quantitative estimate of drug-likeness (QED) is 0.640. The summed E-state index contributed by atoms with van der Waals surface area (Å²) >= 11 is 0. The van der Waals surface area contributed by atoms with E-state index in [-0.39, 0.29) is 1.43 Å². The second-order valence-electron chi connectivity index (χ2n) is 3.76. The van der Waals surface area contributed by atoms with Gasteiger partial charge in [0.25, 0.3) is 0 Å². The minimum Gasteiger partial charge on any atom is -0.314 e. The Hall–Kier alpha value is -0.0400. The van der Waals surface area contributed by atoms with E-state index < -0.39 is 0 Å². The van der Waals surface area contributed by atoms with E-state index in [2.05, 4.69) is 19.2 Å². The highest BCUT2D eigenvalue weighted by Crippen LogP contribution is 2.13. The van der Waals surface area contributed by atoms with Crippen LogP contribution >= 0.6 is 0 Å². The molecule has 1 unspecified atom stereocenters. The first-order chi connectivity index (χ1) is 4.79. The van der Waals surface area contributed by atoms with Gasteiger partial charge < -0.3 is 5.32 Å². The lowest BCUT2D eigenvalue weighted by molar-refractivity contribution is 0.471. The zero-order valence-electron chi connectivity index (χ0n) is 7.19. The standard InChI is InChI=1S/C9H19N.H2/c1-8(2)5-6-9-4-3-7-10-9;/h8-10H,3-7H2,1-2H3;1H. The van der Waals surface area contributed by atoms with Gasteiger partial charge in [0.1, 0.15) is 0 Å². The Morgan fingerprint density at radius 2 is 2.40 bits per heavy atom. The molecule has 0 aromatic heterocycles. The number of hydrogen-bond acceptors (Lipinski definition) is 1. The summed E-state index contributed by atoms with van der Waals surface area (Å²) in [5.74, 6) is 0.877. The smallest absolute Gasteiger partial charge is 0.00676 e. The van der Waals surface area contributed by atoms with Crippen molar-refractivity contribution in [3.8, 4) is 0 Å². The minimum absolute atomic E-state index is 0. The molecule has 0 saturated carbocycles. The Bertz CT molecular complexity index is 87.6. The van der Waals surface area contributed by atoms with E-state index in [9.17, 15) is 0 Å². The molecular formula is C9H21N. The van der Waals surface area contributed by atoms with Crippen LogP contribution in [0.1, 0.15) is 41.0 Å². The largest absolute Gasteiger partial charge is 0.314 e. The summed E-state index contributed by atoms with van der Waals surface area (Å²) < 4.78 is 0. The molecule has 1 fully saturated rings. The van der Waals surface area contributed by atoms with Crippen LogP contribution in [0.2, 0.25) is 0 Å². The van der Waals surface area contributed by atoms with Gasteiger partial charge in [-0.25, -0.2) is 0 Å². The number of hydrogen-bond donors (Lipinski definition) is 1. The lowest BCUT2D eigenvalue weighted by atomic mass is 10.0. The first kappa shape index (κ1) is 8.06. The Labute approximate surface area is 65.7 Å². The van der Waals surface area contributed by atoms with Crippen LogP contribution in [0.15, 0.2) is 0 Å². The van der Waals surface area contributed by atoms with Gasteiger partial charge in [-0.1, -0.05) is 13.8 Å². The topological polar surface area (TPSA) is 12.0 Å². The van der Waals surface area contributed by atoms with Crippen molar-refractivity contribution in [3.05, 3.63) is 0 Å². The second kappa shape index (κ2) is 3.97. The molecule has 1 rings (SSSR count). The van der Waals surface area contributed by atoms with Gasteiger partial charge in [0, 0.05) is 7.47 Å². The van der Waals surface area contributed by atoms with Gasteiger partial charge >= 0.3 is 0 Å². The van der Waals surface area contributed by atoms with Crippen LogP contribution in [0.3, 0.4) is 0 Å². The lowest BCUT2D eigenvalue weighted by Gasteiger charge is -2.10. The molecule has 1 N–H and O–H groups in total. The van der Waals surface area contributed by atoms with Crippen molar-refractivity contribution in [1.29, 1.82) is 0 Å². The Morgan fingerprint density at radius 1 is 1.60 bits per heavy atom. The van der Waals surface area contributed by atoms with E-state index in [1.165, 1.54) is 32.2 Å². The van der Waals surface area contributed by atoms with Gasteiger partial charge in [0.15, 0.2) is 0 Å². The third-order valence-corrected chi connectivity index (χ3v) is 2.25. The maximum absolute atomic E-state index is 3.51. The van der Waals surface area contributed by atoms with Crippen LogP contribution in [0, 0.1) is 5.92 Å². The fourth-order valence-corrected chi connectivity index (χ4v) is 1.54. The Balaban J connectivity index is 0.000001000. The highest BCUT2D eigenvalue weighted by atomic mass is 14.9. The molecule has 0 radical (unpaired) electrons. The van der Waals surface area contributed by atoms with E-state index >= 15 is 0 Å². The first-order valence-electron chi connectivity index (χ1n) is 4.52. The van der Waals surface area contributed by atoms with Crippen molar-refractivity contribution in [1.82, 2.24) is 5.32 Å². The van der Waals surface area contributed by atoms with Crippen molar-refractivity contribution < 1.29 is 1.43 Å². The molecule has 0 aromatic carbocycles. The van der Waals surface area contributed by atoms with Crippen LogP contribution in [0.5, 0.6) is 0 Å². The average molecular weight is 143 g/mol. The number of nitrogens with one attached hydrogen (secondary N) is 1. The Morgan fingerprint density at radius 3 is 2.90 bits per heavy atom. The summed E-state index contributed by atoms with van der Waals surface area (Å²) in [6.07, 6.45) is 5.57. The summed E-state index contributed by atoms with van der Waals surface area (Å²) in [5, 5.41) is 3.51. The SMILES string of the molecule is CC(C)CCC1CCCN1.[HH]. The number of rotatable bonds is 3. The van der Waals surface area contributed by atoms with E-state index in [1.807, 2.05) is 0 Å². The van der Waals surface area contributed by atoms with E-state index in [4.69, 9.17) is 0 Å². The molecular weight excluding hydrogens is 122 g/mol. The van der Waals surface area contributed by atoms with Crippen LogP contribution < -0.4 is 5.32 Å². The maximum Gasteiger partial charge on any atom is 0.00676 e. The summed E-state index contributed by atoms with van der Waals surface area (Å²) in [6.45, 7) is 5.85. The van der Waals surface area contributed by atoms with E-state index in [1.54, 1.807) is 0 Å². The van der Waals surface area contributed by atoms with Gasteiger partial charge in [-0.2, -0.15) is 0 Å². The van der Waals surface area contributed by atoms with E-state index in [0.717, 1.165) is 12.0 Å². The highest BCUT2D eigenvalue weighted by molar-refractivity contribution is 4.73. The van der Waals surface area contributed by atoms with Gasteiger partial charge in [-0.3, -0.25) is 0 Å². The van der Waals surface area contributed by atoms with Crippen LogP contribution in [-0.4, -0.2) is 12.6 Å². The highest BCUT2D eigenvalue weighted by Gasteiger charge is 2.13. The van der Waals surface area contributed by atoms with E-state index in [0.29, 0.717) is 0 Å². The van der Waals surface area contributed by atoms with Crippen LogP contribution in [0.25, 0.3) is 0 Å². The summed E-state index contributed by atoms with van der Waals surface area (Å²) in [4.78, 5) is 0. The molecule has 1 atom stereocenters. The van der Waals surface area contributed by atoms with Crippen molar-refractivity contribution in [3.63, 3.8) is 0 Å². The van der Waals surface area contributed by atoms with Crippen molar-refractivity contribution >= 4 is 0 Å². The van der Waals surface area contributed by atoms with Gasteiger partial charge in [0.05, 0.1) is 0 Å². The molecule has 1 aliphatic heterocycles. The monoisotopic (exact) mass is 143 g/mol. The zero-order valence-corrected chi connectivity index (χ0v) is 7.19. The molecule has 1 aliphatic rings. The average Bonchev–Trinajstić information content (AvgIpc) is 2.34. The fraction of sp³-hybridized carbons (Fsp3) is 1.00. The summed E-state index contributed by atoms with van der Waals surface area (Å²) in [6, 6.07) is 0.849. The fourth-order valence-electron chi connectivity index (χ4n) is 1.54. The molecule has 1 saturated heterocycles. The predicted octanol–water partition coefficient (Wildman–Crippen LogP) is 2.42. The van der Waals surface area contributed by atoms with Gasteiger partial charge in [0.2, 0.25) is 0 Å². The van der Waals surface area contributed by atoms with Crippen molar-refractivity contribution in [2.24, 2.45) is 5.92 Å². The molecule has 1 heteroatoms. The van der Waals surface area contributed by atoms with Crippen LogP contribution in [0.4, 0.5) is 0 Å². The lowest BCUT2D eigenvalue weighted by Crippen LogP contribution is -2.21. The molecule has 1 nitrogen and oxygen atoms in total. The predicted molar refractivity (Wildman–Crippen MR) is 47.2 cm³/mol. The minimum atomic E-state index is 0. The molecule has 0 bridgehead atoms. The molecule has 0 spiro atoms. The van der Waals surface area contributed by atoms with Gasteiger partial charge in [-0.15, -0.1) is 0 Å². The van der Waals surface area contributed by atoms with Crippen molar-refractivity contribution in [2.75, 3.05) is 6.54 Å². The third-order valence-electron chi connectivity index (χ3n) is 2.25. The molecule has 62 valence electrons. The maximum atomic E-state index is 3.51. The third kappa shape index (κ3) is 2.70. The van der Waals surface area contributed by atoms with Crippen molar-refractivity contribution in [2.45, 2.75) is 45.6 Å². The summed E-state index contributed by atoms with van der Waals surface area (Å²) in [7, 11) is 0. The molecule has 0 amide bonds. The second-order valence-corrected chi connectivity index (χ2v) is 3.76. The van der Waals surface area contributed by atoms with Gasteiger partial charge in [-0.05, 0) is 38.1 Å². The zero-order chi connectivity index (χ0) is 7.40. The first-order valence-corrected chi connectivity index (χ1v) is 4.52. The summed E-state index contributed by atoms with van der Waals surface area (Å²) in [5.41, 5.74) is 0.